The Labute approximate surface area is 186 Å². The fourth-order valence-corrected chi connectivity index (χ4v) is 3.16. The lowest BCUT2D eigenvalue weighted by Crippen LogP contribution is -2.41. The molecule has 0 unspecified atom stereocenters. The van der Waals surface area contributed by atoms with Gasteiger partial charge in [0.1, 0.15) is 0 Å². The molecule has 28 heavy (non-hydrogen) atoms. The van der Waals surface area contributed by atoms with E-state index < -0.39 is 0 Å². The highest BCUT2D eigenvalue weighted by molar-refractivity contribution is 14.0. The molecule has 0 aliphatic heterocycles. The molecule has 0 aliphatic carbocycles. The van der Waals surface area contributed by atoms with E-state index in [2.05, 4.69) is 53.3 Å². The second-order valence-electron chi connectivity index (χ2n) is 7.26. The van der Waals surface area contributed by atoms with Crippen molar-refractivity contribution in [2.75, 3.05) is 20.1 Å². The Hall–Kier alpha value is -1.61. The predicted molar refractivity (Wildman–Crippen MR) is 129 cm³/mol. The van der Waals surface area contributed by atoms with Crippen LogP contribution in [0.15, 0.2) is 47.7 Å². The lowest BCUT2D eigenvalue weighted by Gasteiger charge is -2.30. The minimum Gasteiger partial charge on any atom is -0.356 e. The number of hydrogen-bond acceptors (Lipinski definition) is 3. The van der Waals surface area contributed by atoms with Gasteiger partial charge in [-0.15, -0.1) is 24.0 Å². The first-order chi connectivity index (χ1) is 13.0. The van der Waals surface area contributed by atoms with E-state index in [1.54, 1.807) is 7.05 Å². The van der Waals surface area contributed by atoms with Gasteiger partial charge < -0.3 is 10.6 Å². The van der Waals surface area contributed by atoms with Crippen molar-refractivity contribution in [2.45, 2.75) is 52.7 Å². The number of para-hydroxylation sites is 1. The Morgan fingerprint density at radius 3 is 2.39 bits per heavy atom. The summed E-state index contributed by atoms with van der Waals surface area (Å²) in [5.41, 5.74) is 2.18. The summed E-state index contributed by atoms with van der Waals surface area (Å²) in [7, 11) is 1.80. The second kappa shape index (κ2) is 12.8. The van der Waals surface area contributed by atoms with Crippen molar-refractivity contribution in [3.05, 3.63) is 48.3 Å². The van der Waals surface area contributed by atoms with Crippen LogP contribution in [0.4, 0.5) is 0 Å². The second-order valence-corrected chi connectivity index (χ2v) is 7.26. The maximum atomic E-state index is 4.43. The van der Waals surface area contributed by atoms with Crippen LogP contribution in [0.3, 0.4) is 0 Å². The molecule has 0 spiro atoms. The summed E-state index contributed by atoms with van der Waals surface area (Å²) in [6.45, 7) is 11.7. The van der Waals surface area contributed by atoms with Gasteiger partial charge >= 0.3 is 0 Å². The zero-order chi connectivity index (χ0) is 19.6. The smallest absolute Gasteiger partial charge is 0.191 e. The monoisotopic (exact) mass is 498 g/mol. The van der Waals surface area contributed by atoms with Gasteiger partial charge in [0.05, 0.1) is 11.9 Å². The van der Waals surface area contributed by atoms with Crippen LogP contribution in [0.2, 0.25) is 0 Å². The molecule has 1 aromatic carbocycles. The highest BCUT2D eigenvalue weighted by Gasteiger charge is 2.12. The number of nitrogens with zero attached hydrogens (tertiary/aromatic N) is 4. The van der Waals surface area contributed by atoms with Gasteiger partial charge in [-0.1, -0.05) is 18.2 Å². The van der Waals surface area contributed by atoms with Crippen LogP contribution in [0.1, 0.15) is 39.7 Å². The number of aromatic nitrogens is 2. The normalized spacial score (nSPS) is 11.8. The van der Waals surface area contributed by atoms with Crippen LogP contribution < -0.4 is 10.6 Å². The largest absolute Gasteiger partial charge is 0.356 e. The average Bonchev–Trinajstić information content (AvgIpc) is 3.13. The Morgan fingerprint density at radius 1 is 1.11 bits per heavy atom. The molecule has 7 heteroatoms. The Balaban J connectivity index is 0.00000392. The number of rotatable bonds is 9. The van der Waals surface area contributed by atoms with Gasteiger partial charge in [-0.05, 0) is 46.2 Å². The maximum absolute atomic E-state index is 4.43. The molecule has 1 aromatic heterocycles. The SMILES string of the molecule is CN=C(NCCCN(C(C)C)C(C)C)NCc1cnn(-c2ccccc2)c1.I. The molecule has 0 radical (unpaired) electrons. The number of halogens is 1. The fourth-order valence-electron chi connectivity index (χ4n) is 3.16. The highest BCUT2D eigenvalue weighted by Crippen LogP contribution is 2.07. The highest BCUT2D eigenvalue weighted by atomic mass is 127. The molecule has 156 valence electrons. The van der Waals surface area contributed by atoms with Crippen LogP contribution in [-0.4, -0.2) is 52.9 Å². The molecular formula is C21H35IN6. The number of nitrogens with one attached hydrogen (secondary N) is 2. The van der Waals surface area contributed by atoms with Gasteiger partial charge in [0.15, 0.2) is 5.96 Å². The predicted octanol–water partition coefficient (Wildman–Crippen LogP) is 3.66. The zero-order valence-corrected chi connectivity index (χ0v) is 20.1. The maximum Gasteiger partial charge on any atom is 0.191 e. The molecule has 0 bridgehead atoms. The first-order valence-corrected chi connectivity index (χ1v) is 9.80. The van der Waals surface area contributed by atoms with Gasteiger partial charge in [-0.2, -0.15) is 5.10 Å². The standard InChI is InChI=1S/C21H34N6.HI/c1-17(2)26(18(3)4)13-9-12-23-21(22-5)24-14-19-15-25-27(16-19)20-10-7-6-8-11-20;/h6-8,10-11,15-18H,9,12-14H2,1-5H3,(H2,22,23,24);1H. The van der Waals surface area contributed by atoms with Gasteiger partial charge in [-0.3, -0.25) is 9.89 Å². The quantitative estimate of drug-likeness (QED) is 0.240. The molecule has 1 heterocycles. The van der Waals surface area contributed by atoms with E-state index in [0.717, 1.165) is 36.7 Å². The molecule has 0 amide bonds. The number of aliphatic imine (C=N–C) groups is 1. The van der Waals surface area contributed by atoms with Gasteiger partial charge in [-0.25, -0.2) is 4.68 Å². The first-order valence-electron chi connectivity index (χ1n) is 9.80. The van der Waals surface area contributed by atoms with Crippen LogP contribution in [0.25, 0.3) is 5.69 Å². The fraction of sp³-hybridized carbons (Fsp3) is 0.524. The van der Waals surface area contributed by atoms with Crippen molar-refractivity contribution in [2.24, 2.45) is 4.99 Å². The molecule has 2 aromatic rings. The number of benzene rings is 1. The Morgan fingerprint density at radius 2 is 1.79 bits per heavy atom. The summed E-state index contributed by atoms with van der Waals surface area (Å²) in [5.74, 6) is 0.822. The third kappa shape index (κ3) is 7.79. The first kappa shape index (κ1) is 24.4. The van der Waals surface area contributed by atoms with E-state index in [1.165, 1.54) is 0 Å². The van der Waals surface area contributed by atoms with Crippen LogP contribution in [0, 0.1) is 0 Å². The Bertz CT molecular complexity index is 688. The van der Waals surface area contributed by atoms with Gasteiger partial charge in [0, 0.05) is 50.5 Å². The van der Waals surface area contributed by atoms with E-state index in [9.17, 15) is 0 Å². The summed E-state index contributed by atoms with van der Waals surface area (Å²) < 4.78 is 1.89. The number of guanidine groups is 1. The van der Waals surface area contributed by atoms with E-state index in [0.29, 0.717) is 18.6 Å². The van der Waals surface area contributed by atoms with Crippen molar-refractivity contribution >= 4 is 29.9 Å². The van der Waals surface area contributed by atoms with Crippen molar-refractivity contribution in [3.8, 4) is 5.69 Å². The topological polar surface area (TPSA) is 57.5 Å². The minimum atomic E-state index is 0. The van der Waals surface area contributed by atoms with Crippen molar-refractivity contribution in [1.82, 2.24) is 25.3 Å². The summed E-state index contributed by atoms with van der Waals surface area (Å²) in [4.78, 5) is 6.82. The van der Waals surface area contributed by atoms with Gasteiger partial charge in [0.25, 0.3) is 0 Å². The van der Waals surface area contributed by atoms with Gasteiger partial charge in [0.2, 0.25) is 0 Å². The molecule has 2 N–H and O–H groups in total. The molecule has 0 saturated carbocycles. The van der Waals surface area contributed by atoms with Crippen LogP contribution in [-0.2, 0) is 6.54 Å². The summed E-state index contributed by atoms with van der Waals surface area (Å²) in [6.07, 6.45) is 5.01. The third-order valence-electron chi connectivity index (χ3n) is 4.55. The summed E-state index contributed by atoms with van der Waals surface area (Å²) >= 11 is 0. The van der Waals surface area contributed by atoms with E-state index in [-0.39, 0.29) is 24.0 Å². The zero-order valence-electron chi connectivity index (χ0n) is 17.7. The molecule has 2 rings (SSSR count). The minimum absolute atomic E-state index is 0. The molecular weight excluding hydrogens is 463 g/mol. The lowest BCUT2D eigenvalue weighted by atomic mass is 10.2. The van der Waals surface area contributed by atoms with E-state index >= 15 is 0 Å². The van der Waals surface area contributed by atoms with E-state index in [4.69, 9.17) is 0 Å². The lowest BCUT2D eigenvalue weighted by molar-refractivity contribution is 0.173. The van der Waals surface area contributed by atoms with Crippen molar-refractivity contribution < 1.29 is 0 Å². The molecule has 0 fully saturated rings. The van der Waals surface area contributed by atoms with Crippen molar-refractivity contribution in [1.29, 1.82) is 0 Å². The van der Waals surface area contributed by atoms with Crippen LogP contribution >= 0.6 is 24.0 Å². The molecule has 0 atom stereocenters. The summed E-state index contributed by atoms with van der Waals surface area (Å²) in [6, 6.07) is 11.3. The number of hydrogen-bond donors (Lipinski definition) is 2. The third-order valence-corrected chi connectivity index (χ3v) is 4.55. The average molecular weight is 498 g/mol. The van der Waals surface area contributed by atoms with Crippen molar-refractivity contribution in [3.63, 3.8) is 0 Å². The molecule has 0 saturated heterocycles. The summed E-state index contributed by atoms with van der Waals surface area (Å²) in [5, 5.41) is 11.2. The molecule has 6 nitrogen and oxygen atoms in total. The molecule has 0 aliphatic rings. The Kier molecular flexibility index (Phi) is 11.1. The van der Waals surface area contributed by atoms with Crippen LogP contribution in [0.5, 0.6) is 0 Å². The van der Waals surface area contributed by atoms with E-state index in [1.807, 2.05) is 47.4 Å².